The molecule has 0 aromatic heterocycles. The van der Waals surface area contributed by atoms with Gasteiger partial charge in [0.1, 0.15) is 5.69 Å². The van der Waals surface area contributed by atoms with Crippen LogP contribution in [0, 0.1) is 26.1 Å². The maximum absolute atomic E-state index is 11.0. The van der Waals surface area contributed by atoms with Gasteiger partial charge in [0, 0.05) is 18.7 Å². The van der Waals surface area contributed by atoms with Gasteiger partial charge in [-0.15, -0.1) is 0 Å². The van der Waals surface area contributed by atoms with Crippen LogP contribution in [0.15, 0.2) is 18.2 Å². The van der Waals surface area contributed by atoms with Gasteiger partial charge in [-0.25, -0.2) is 0 Å². The Labute approximate surface area is 116 Å². The molecule has 1 aromatic rings. The van der Waals surface area contributed by atoms with E-state index in [4.69, 9.17) is 5.73 Å². The van der Waals surface area contributed by atoms with E-state index in [2.05, 4.69) is 5.32 Å². The summed E-state index contributed by atoms with van der Waals surface area (Å²) in [6.07, 6.45) is 0.755. The van der Waals surface area contributed by atoms with Crippen LogP contribution in [0.2, 0.25) is 0 Å². The Hall–Kier alpha value is -2.22. The summed E-state index contributed by atoms with van der Waals surface area (Å²) in [6, 6.07) is 3.41. The monoisotopic (exact) mass is 282 g/mol. The highest BCUT2D eigenvalue weighted by Gasteiger charge is 2.21. The van der Waals surface area contributed by atoms with E-state index in [1.807, 2.05) is 13.8 Å². The van der Waals surface area contributed by atoms with Crippen molar-refractivity contribution >= 4 is 17.1 Å². The van der Waals surface area contributed by atoms with Gasteiger partial charge in [0.25, 0.3) is 11.4 Å². The summed E-state index contributed by atoms with van der Waals surface area (Å²) in [5, 5.41) is 24.6. The molecule has 8 nitrogen and oxygen atoms in total. The van der Waals surface area contributed by atoms with Gasteiger partial charge in [0.15, 0.2) is 0 Å². The van der Waals surface area contributed by atoms with Gasteiger partial charge >= 0.3 is 0 Å². The fourth-order valence-electron chi connectivity index (χ4n) is 1.91. The quantitative estimate of drug-likeness (QED) is 0.584. The van der Waals surface area contributed by atoms with Crippen LogP contribution in [0.3, 0.4) is 0 Å². The molecule has 0 saturated carbocycles. The molecular formula is C12H18N4O4. The molecule has 0 aliphatic heterocycles. The number of anilines is 1. The molecular weight excluding hydrogens is 264 g/mol. The molecule has 3 N–H and O–H groups in total. The van der Waals surface area contributed by atoms with Gasteiger partial charge in [0.05, 0.1) is 15.9 Å². The Bertz CT molecular complexity index is 504. The van der Waals surface area contributed by atoms with Crippen molar-refractivity contribution in [3.8, 4) is 0 Å². The molecule has 0 bridgehead atoms. The van der Waals surface area contributed by atoms with Crippen LogP contribution in [-0.4, -0.2) is 22.4 Å². The van der Waals surface area contributed by atoms with Crippen LogP contribution in [-0.2, 0) is 0 Å². The molecule has 0 heterocycles. The summed E-state index contributed by atoms with van der Waals surface area (Å²) in [4.78, 5) is 20.4. The lowest BCUT2D eigenvalue weighted by Gasteiger charge is -2.19. The Morgan fingerprint density at radius 3 is 2.35 bits per heavy atom. The molecule has 0 spiro atoms. The zero-order chi connectivity index (χ0) is 15.3. The summed E-state index contributed by atoms with van der Waals surface area (Å²) >= 11 is 0. The minimum Gasteiger partial charge on any atom is -0.375 e. The van der Waals surface area contributed by atoms with Gasteiger partial charge < -0.3 is 11.1 Å². The molecule has 0 radical (unpaired) electrons. The molecule has 1 aromatic carbocycles. The second-order valence-electron chi connectivity index (χ2n) is 4.92. The molecule has 8 heteroatoms. The van der Waals surface area contributed by atoms with Crippen LogP contribution in [0.1, 0.15) is 20.3 Å². The lowest BCUT2D eigenvalue weighted by molar-refractivity contribution is -0.393. The maximum Gasteiger partial charge on any atom is 0.299 e. The average molecular weight is 282 g/mol. The van der Waals surface area contributed by atoms with E-state index in [0.717, 1.165) is 12.5 Å². The molecule has 20 heavy (non-hydrogen) atoms. The van der Waals surface area contributed by atoms with Gasteiger partial charge in [-0.05, 0) is 18.4 Å². The number of hydrogen-bond donors (Lipinski definition) is 2. The summed E-state index contributed by atoms with van der Waals surface area (Å²) in [5.41, 5.74) is 5.25. The third-order valence-corrected chi connectivity index (χ3v) is 2.79. The lowest BCUT2D eigenvalue weighted by Crippen LogP contribution is -2.30. The van der Waals surface area contributed by atoms with Crippen LogP contribution in [0.4, 0.5) is 17.1 Å². The van der Waals surface area contributed by atoms with Crippen molar-refractivity contribution in [2.45, 2.75) is 26.3 Å². The minimum atomic E-state index is -0.661. The second-order valence-corrected chi connectivity index (χ2v) is 4.92. The largest absolute Gasteiger partial charge is 0.375 e. The van der Waals surface area contributed by atoms with Crippen molar-refractivity contribution in [2.24, 2.45) is 11.7 Å². The van der Waals surface area contributed by atoms with Crippen molar-refractivity contribution in [3.05, 3.63) is 38.4 Å². The summed E-state index contributed by atoms with van der Waals surface area (Å²) in [7, 11) is 0. The number of nitrogens with one attached hydrogen (secondary N) is 1. The summed E-state index contributed by atoms with van der Waals surface area (Å²) in [5.74, 6) is 0.383. The molecule has 0 fully saturated rings. The Balaban J connectivity index is 3.04. The van der Waals surface area contributed by atoms with Crippen molar-refractivity contribution in [2.75, 3.05) is 11.9 Å². The first kappa shape index (κ1) is 15.8. The fourth-order valence-corrected chi connectivity index (χ4v) is 1.91. The first-order chi connectivity index (χ1) is 9.35. The number of benzene rings is 1. The number of nitrogens with two attached hydrogens (primary N) is 1. The summed E-state index contributed by atoms with van der Waals surface area (Å²) < 4.78 is 0. The van der Waals surface area contributed by atoms with Gasteiger partial charge in [-0.1, -0.05) is 13.8 Å². The highest BCUT2D eigenvalue weighted by molar-refractivity contribution is 5.65. The first-order valence-electron chi connectivity index (χ1n) is 6.24. The normalized spacial score (nSPS) is 12.2. The molecule has 0 aliphatic carbocycles. The van der Waals surface area contributed by atoms with Crippen molar-refractivity contribution in [1.29, 1.82) is 0 Å². The number of non-ortho nitro benzene ring substituents is 1. The SMILES string of the molecule is CC(C)CC(CN)Nc1ccc([N+](=O)[O-])cc1[N+](=O)[O-]. The fraction of sp³-hybridized carbons (Fsp3) is 0.500. The van der Waals surface area contributed by atoms with E-state index < -0.39 is 9.85 Å². The Morgan fingerprint density at radius 2 is 1.90 bits per heavy atom. The highest BCUT2D eigenvalue weighted by atomic mass is 16.6. The number of nitrogens with zero attached hydrogens (tertiary/aromatic N) is 2. The van der Waals surface area contributed by atoms with E-state index >= 15 is 0 Å². The summed E-state index contributed by atoms with van der Waals surface area (Å²) in [6.45, 7) is 4.37. The van der Waals surface area contributed by atoms with Gasteiger partial charge in [-0.3, -0.25) is 20.2 Å². The standard InChI is InChI=1S/C12H18N4O4/c1-8(2)5-9(7-13)14-11-4-3-10(15(17)18)6-12(11)16(19)20/h3-4,6,8-9,14H,5,7,13H2,1-2H3. The first-order valence-corrected chi connectivity index (χ1v) is 6.24. The third kappa shape index (κ3) is 4.16. The number of nitro groups is 2. The van der Waals surface area contributed by atoms with E-state index in [0.29, 0.717) is 12.5 Å². The average Bonchev–Trinajstić information content (AvgIpc) is 2.37. The smallest absolute Gasteiger partial charge is 0.299 e. The molecule has 110 valence electrons. The van der Waals surface area contributed by atoms with Gasteiger partial charge in [0.2, 0.25) is 0 Å². The van der Waals surface area contributed by atoms with Crippen LogP contribution in [0.5, 0.6) is 0 Å². The molecule has 0 saturated heterocycles. The highest BCUT2D eigenvalue weighted by Crippen LogP contribution is 2.29. The molecule has 1 unspecified atom stereocenters. The molecule has 1 atom stereocenters. The van der Waals surface area contributed by atoms with E-state index in [1.54, 1.807) is 0 Å². The minimum absolute atomic E-state index is 0.116. The van der Waals surface area contributed by atoms with Crippen LogP contribution < -0.4 is 11.1 Å². The lowest BCUT2D eigenvalue weighted by atomic mass is 10.0. The third-order valence-electron chi connectivity index (χ3n) is 2.79. The Kier molecular flexibility index (Phi) is 5.39. The molecule has 0 aliphatic rings. The number of hydrogen-bond acceptors (Lipinski definition) is 6. The molecule has 1 rings (SSSR count). The van der Waals surface area contributed by atoms with Gasteiger partial charge in [-0.2, -0.15) is 0 Å². The topological polar surface area (TPSA) is 124 Å². The van der Waals surface area contributed by atoms with E-state index in [1.165, 1.54) is 12.1 Å². The van der Waals surface area contributed by atoms with Crippen LogP contribution >= 0.6 is 0 Å². The van der Waals surface area contributed by atoms with Crippen molar-refractivity contribution in [1.82, 2.24) is 0 Å². The van der Waals surface area contributed by atoms with E-state index in [-0.39, 0.29) is 23.1 Å². The zero-order valence-corrected chi connectivity index (χ0v) is 11.4. The van der Waals surface area contributed by atoms with Crippen molar-refractivity contribution < 1.29 is 9.85 Å². The number of rotatable bonds is 7. The van der Waals surface area contributed by atoms with Crippen LogP contribution in [0.25, 0.3) is 0 Å². The predicted octanol–water partition coefficient (Wildman–Crippen LogP) is 2.29. The number of nitro benzene ring substituents is 2. The predicted molar refractivity (Wildman–Crippen MR) is 75.7 cm³/mol. The zero-order valence-electron chi connectivity index (χ0n) is 11.4. The molecule has 0 amide bonds. The van der Waals surface area contributed by atoms with Crippen molar-refractivity contribution in [3.63, 3.8) is 0 Å². The Morgan fingerprint density at radius 1 is 1.25 bits per heavy atom. The second kappa shape index (κ2) is 6.80. The maximum atomic E-state index is 11.0. The van der Waals surface area contributed by atoms with E-state index in [9.17, 15) is 20.2 Å².